The third-order valence-corrected chi connectivity index (χ3v) is 6.60. The molecule has 5 rings (SSSR count). The highest BCUT2D eigenvalue weighted by Crippen LogP contribution is 2.40. The molecule has 0 saturated carbocycles. The Morgan fingerprint density at radius 1 is 1.03 bits per heavy atom. The molecular formula is C27H32N6O2. The van der Waals surface area contributed by atoms with Crippen molar-refractivity contribution in [2.75, 3.05) is 14.2 Å². The number of hydrogen-bond acceptors (Lipinski definition) is 6. The van der Waals surface area contributed by atoms with Gasteiger partial charge in [-0.25, -0.2) is 19.6 Å². The molecule has 0 N–H and O–H groups in total. The molecule has 35 heavy (non-hydrogen) atoms. The van der Waals surface area contributed by atoms with Crippen LogP contribution in [0.2, 0.25) is 0 Å². The highest BCUT2D eigenvalue weighted by molar-refractivity contribution is 5.56. The fraction of sp³-hybridized carbons (Fsp3) is 0.407. The third-order valence-electron chi connectivity index (χ3n) is 6.60. The summed E-state index contributed by atoms with van der Waals surface area (Å²) in [5.74, 6) is 3.05. The zero-order chi connectivity index (χ0) is 24.7. The number of nitrogens with zero attached hydrogens (tertiary/aromatic N) is 6. The first-order valence-electron chi connectivity index (χ1n) is 12.0. The van der Waals surface area contributed by atoms with Crippen molar-refractivity contribution in [1.82, 2.24) is 29.3 Å². The van der Waals surface area contributed by atoms with Crippen LogP contribution in [0, 0.1) is 6.92 Å². The van der Waals surface area contributed by atoms with Gasteiger partial charge in [-0.15, -0.1) is 5.10 Å². The molecule has 0 bridgehead atoms. The van der Waals surface area contributed by atoms with E-state index in [-0.39, 0.29) is 11.3 Å². The summed E-state index contributed by atoms with van der Waals surface area (Å²) in [7, 11) is 3.35. The summed E-state index contributed by atoms with van der Waals surface area (Å²) >= 11 is 0. The maximum Gasteiger partial charge on any atom is 0.238 e. The lowest BCUT2D eigenvalue weighted by atomic mass is 9.82. The van der Waals surface area contributed by atoms with Crippen molar-refractivity contribution in [2.24, 2.45) is 0 Å². The number of aromatic nitrogens is 6. The second kappa shape index (κ2) is 8.83. The fourth-order valence-corrected chi connectivity index (χ4v) is 4.68. The van der Waals surface area contributed by atoms with Crippen molar-refractivity contribution in [1.29, 1.82) is 0 Å². The maximum absolute atomic E-state index is 5.77. The number of fused-ring (bicyclic) bond motifs is 1. The molecular weight excluding hydrogens is 440 g/mol. The Hall–Kier alpha value is -3.68. The summed E-state index contributed by atoms with van der Waals surface area (Å²) in [6, 6.07) is 10.4. The molecule has 4 aromatic rings. The summed E-state index contributed by atoms with van der Waals surface area (Å²) < 4.78 is 15.3. The number of benzene rings is 1. The SMILES string of the molecule is COc1ccc(C(C)(C)C)cc1[C@@H]1CCCn2nc(-c3ccc(-n4cnc(C)c4)c(OC)n3)nc21. The van der Waals surface area contributed by atoms with Crippen LogP contribution < -0.4 is 9.47 Å². The van der Waals surface area contributed by atoms with E-state index in [2.05, 4.69) is 44.0 Å². The lowest BCUT2D eigenvalue weighted by Gasteiger charge is -2.27. The van der Waals surface area contributed by atoms with Gasteiger partial charge in [-0.2, -0.15) is 0 Å². The molecule has 0 amide bonds. The van der Waals surface area contributed by atoms with Crippen LogP contribution in [0.3, 0.4) is 0 Å². The van der Waals surface area contributed by atoms with Crippen molar-refractivity contribution >= 4 is 0 Å². The molecule has 1 aromatic carbocycles. The topological polar surface area (TPSA) is 79.9 Å². The van der Waals surface area contributed by atoms with Crippen molar-refractivity contribution in [2.45, 2.75) is 58.4 Å². The zero-order valence-electron chi connectivity index (χ0n) is 21.2. The zero-order valence-corrected chi connectivity index (χ0v) is 21.2. The third kappa shape index (κ3) is 4.29. The second-order valence-corrected chi connectivity index (χ2v) is 10.1. The number of hydrogen-bond donors (Lipinski definition) is 0. The summed E-state index contributed by atoms with van der Waals surface area (Å²) in [6.45, 7) is 9.48. The van der Waals surface area contributed by atoms with Crippen LogP contribution in [0.4, 0.5) is 0 Å². The van der Waals surface area contributed by atoms with Crippen LogP contribution >= 0.6 is 0 Å². The Labute approximate surface area is 206 Å². The number of rotatable bonds is 5. The Bertz CT molecular complexity index is 1360. The first kappa shape index (κ1) is 23.1. The molecule has 0 spiro atoms. The summed E-state index contributed by atoms with van der Waals surface area (Å²) in [5, 5.41) is 4.83. The molecule has 182 valence electrons. The first-order chi connectivity index (χ1) is 16.8. The van der Waals surface area contributed by atoms with Crippen LogP contribution in [0.25, 0.3) is 17.2 Å². The van der Waals surface area contributed by atoms with E-state index in [1.54, 1.807) is 20.5 Å². The minimum Gasteiger partial charge on any atom is -0.496 e. The van der Waals surface area contributed by atoms with Gasteiger partial charge in [0.25, 0.3) is 0 Å². The molecule has 0 unspecified atom stereocenters. The van der Waals surface area contributed by atoms with Gasteiger partial charge >= 0.3 is 0 Å². The first-order valence-corrected chi connectivity index (χ1v) is 12.0. The van der Waals surface area contributed by atoms with Gasteiger partial charge in [0.15, 0.2) is 5.82 Å². The molecule has 1 atom stereocenters. The average Bonchev–Trinajstić information content (AvgIpc) is 3.48. The molecule has 0 fully saturated rings. The van der Waals surface area contributed by atoms with Crippen LogP contribution in [-0.4, -0.2) is 43.5 Å². The summed E-state index contributed by atoms with van der Waals surface area (Å²) in [4.78, 5) is 14.0. The van der Waals surface area contributed by atoms with Crippen LogP contribution in [-0.2, 0) is 12.0 Å². The van der Waals surface area contributed by atoms with Crippen molar-refractivity contribution in [3.63, 3.8) is 0 Å². The summed E-state index contributed by atoms with van der Waals surface area (Å²) in [6.07, 6.45) is 5.72. The quantitative estimate of drug-likeness (QED) is 0.403. The van der Waals surface area contributed by atoms with E-state index in [4.69, 9.17) is 24.5 Å². The van der Waals surface area contributed by atoms with Gasteiger partial charge < -0.3 is 14.0 Å². The Morgan fingerprint density at radius 2 is 1.86 bits per heavy atom. The maximum atomic E-state index is 5.77. The van der Waals surface area contributed by atoms with Gasteiger partial charge in [-0.1, -0.05) is 32.9 Å². The predicted octanol–water partition coefficient (Wildman–Crippen LogP) is 5.07. The molecule has 0 aliphatic carbocycles. The number of aryl methyl sites for hydroxylation is 2. The number of ether oxygens (including phenoxy) is 2. The molecule has 3 aromatic heterocycles. The van der Waals surface area contributed by atoms with E-state index in [0.29, 0.717) is 17.4 Å². The van der Waals surface area contributed by atoms with Crippen LogP contribution in [0.15, 0.2) is 42.9 Å². The monoisotopic (exact) mass is 472 g/mol. The average molecular weight is 473 g/mol. The van der Waals surface area contributed by atoms with Gasteiger partial charge in [0, 0.05) is 24.2 Å². The lowest BCUT2D eigenvalue weighted by molar-refractivity contribution is 0.393. The van der Waals surface area contributed by atoms with E-state index in [0.717, 1.165) is 47.9 Å². The normalized spacial score (nSPS) is 15.7. The lowest BCUT2D eigenvalue weighted by Crippen LogP contribution is -2.19. The fourth-order valence-electron chi connectivity index (χ4n) is 4.68. The van der Waals surface area contributed by atoms with E-state index in [1.807, 2.05) is 34.5 Å². The van der Waals surface area contributed by atoms with Gasteiger partial charge in [0.2, 0.25) is 5.88 Å². The molecule has 0 radical (unpaired) electrons. The van der Waals surface area contributed by atoms with E-state index in [1.165, 1.54) is 5.56 Å². The van der Waals surface area contributed by atoms with E-state index < -0.39 is 0 Å². The molecule has 0 saturated heterocycles. The Kier molecular flexibility index (Phi) is 5.83. The van der Waals surface area contributed by atoms with Gasteiger partial charge in [-0.05, 0) is 48.9 Å². The van der Waals surface area contributed by atoms with Gasteiger partial charge in [0.05, 0.1) is 26.2 Å². The number of imidazole rings is 1. The van der Waals surface area contributed by atoms with E-state index >= 15 is 0 Å². The van der Waals surface area contributed by atoms with Crippen molar-refractivity contribution in [3.8, 4) is 28.8 Å². The van der Waals surface area contributed by atoms with Gasteiger partial charge in [0.1, 0.15) is 23.0 Å². The molecule has 1 aliphatic rings. The molecule has 8 nitrogen and oxygen atoms in total. The van der Waals surface area contributed by atoms with Gasteiger partial charge in [-0.3, -0.25) is 0 Å². The standard InChI is InChI=1S/C27H32N6O2/c1-17-15-32(16-28-17)22-11-10-21(29-26(22)35-6)24-30-25-19(8-7-13-33(25)31-24)20-14-18(27(2,3)4)9-12-23(20)34-5/h9-12,14-16,19H,7-8,13H2,1-6H3/t19-/m0/s1. The Balaban J connectivity index is 1.55. The minimum absolute atomic E-state index is 0.0461. The highest BCUT2D eigenvalue weighted by Gasteiger charge is 2.30. The van der Waals surface area contributed by atoms with Crippen LogP contribution in [0.5, 0.6) is 11.6 Å². The Morgan fingerprint density at radius 3 is 2.54 bits per heavy atom. The number of methoxy groups -OCH3 is 2. The summed E-state index contributed by atoms with van der Waals surface area (Å²) in [5.41, 5.74) is 4.92. The molecule has 8 heteroatoms. The molecule has 1 aliphatic heterocycles. The largest absolute Gasteiger partial charge is 0.496 e. The minimum atomic E-state index is 0.0461. The highest BCUT2D eigenvalue weighted by atomic mass is 16.5. The van der Waals surface area contributed by atoms with Crippen LogP contribution in [0.1, 0.15) is 62.2 Å². The second-order valence-electron chi connectivity index (χ2n) is 10.1. The van der Waals surface area contributed by atoms with E-state index in [9.17, 15) is 0 Å². The number of pyridine rings is 1. The predicted molar refractivity (Wildman–Crippen MR) is 134 cm³/mol. The smallest absolute Gasteiger partial charge is 0.238 e. The van der Waals surface area contributed by atoms with Crippen molar-refractivity contribution < 1.29 is 9.47 Å². The van der Waals surface area contributed by atoms with Crippen molar-refractivity contribution in [3.05, 3.63) is 65.5 Å². The molecule has 4 heterocycles.